The molecule has 1 saturated carbocycles. The number of hydrogen-bond acceptors (Lipinski definition) is 2. The normalized spacial score (nSPS) is 25.9. The molecule has 102 valence electrons. The Hall–Kier alpha value is -0.700. The highest BCUT2D eigenvalue weighted by molar-refractivity contribution is 6.21. The molecule has 2 unspecified atom stereocenters. The summed E-state index contributed by atoms with van der Waals surface area (Å²) in [7, 11) is 1.95. The van der Waals surface area contributed by atoms with Crippen LogP contribution in [0.2, 0.25) is 0 Å². The Morgan fingerprint density at radius 3 is 2.39 bits per heavy atom. The number of ether oxygens (including phenoxy) is 1. The lowest BCUT2D eigenvalue weighted by molar-refractivity contribution is -0.0469. The zero-order valence-electron chi connectivity index (χ0n) is 12.0. The van der Waals surface area contributed by atoms with Crippen LogP contribution in [0, 0.1) is 19.3 Å². The first-order valence-electron chi connectivity index (χ1n) is 6.77. The van der Waals surface area contributed by atoms with Crippen molar-refractivity contribution < 1.29 is 4.74 Å². The van der Waals surface area contributed by atoms with E-state index >= 15 is 0 Å². The van der Waals surface area contributed by atoms with E-state index in [-0.39, 0.29) is 16.9 Å². The number of aromatic nitrogens is 2. The Bertz CT molecular complexity index is 437. The summed E-state index contributed by atoms with van der Waals surface area (Å²) in [5, 5.41) is 4.64. The summed E-state index contributed by atoms with van der Waals surface area (Å²) in [5.41, 5.74) is 2.19. The first kappa shape index (κ1) is 13.7. The van der Waals surface area contributed by atoms with E-state index < -0.39 is 0 Å². The molecule has 1 fully saturated rings. The van der Waals surface area contributed by atoms with Gasteiger partial charge in [-0.2, -0.15) is 5.10 Å². The van der Waals surface area contributed by atoms with Gasteiger partial charge in [0.2, 0.25) is 0 Å². The molecular weight excluding hydrogens is 248 g/mol. The third-order valence-corrected chi connectivity index (χ3v) is 5.32. The van der Waals surface area contributed by atoms with Crippen molar-refractivity contribution in [2.75, 3.05) is 0 Å². The van der Waals surface area contributed by atoms with Gasteiger partial charge in [-0.05, 0) is 26.7 Å². The van der Waals surface area contributed by atoms with Gasteiger partial charge in [0.25, 0.3) is 0 Å². The maximum atomic E-state index is 6.42. The smallest absolute Gasteiger partial charge is 0.163 e. The highest BCUT2D eigenvalue weighted by atomic mass is 35.5. The molecule has 3 nitrogen and oxygen atoms in total. The number of aryl methyl sites for hydroxylation is 2. The molecule has 0 aromatic carbocycles. The van der Waals surface area contributed by atoms with Crippen LogP contribution in [0.25, 0.3) is 0 Å². The summed E-state index contributed by atoms with van der Waals surface area (Å²) in [6.45, 7) is 8.46. The average molecular weight is 271 g/mol. The topological polar surface area (TPSA) is 27.1 Å². The zero-order chi connectivity index (χ0) is 13.5. The number of halogens is 1. The summed E-state index contributed by atoms with van der Waals surface area (Å²) in [5.74, 6) is 0.942. The van der Waals surface area contributed by atoms with E-state index in [1.165, 1.54) is 0 Å². The van der Waals surface area contributed by atoms with E-state index in [0.717, 1.165) is 36.4 Å². The number of nitrogens with zero attached hydrogens (tertiary/aromatic N) is 2. The molecule has 1 aromatic rings. The third-order valence-electron chi connectivity index (χ3n) is 4.71. The van der Waals surface area contributed by atoms with Gasteiger partial charge in [-0.15, -0.1) is 11.6 Å². The van der Waals surface area contributed by atoms with Crippen LogP contribution in [0.15, 0.2) is 0 Å². The van der Waals surface area contributed by atoms with Gasteiger partial charge in [-0.3, -0.25) is 4.68 Å². The predicted molar refractivity (Wildman–Crippen MR) is 74.4 cm³/mol. The fourth-order valence-corrected chi connectivity index (χ4v) is 3.69. The third kappa shape index (κ3) is 1.83. The van der Waals surface area contributed by atoms with Crippen LogP contribution in [0.3, 0.4) is 0 Å². The summed E-state index contributed by atoms with van der Waals surface area (Å²) in [6.07, 6.45) is 3.31. The molecule has 0 radical (unpaired) electrons. The van der Waals surface area contributed by atoms with Crippen LogP contribution in [-0.4, -0.2) is 21.3 Å². The van der Waals surface area contributed by atoms with Gasteiger partial charge in [0, 0.05) is 24.3 Å². The summed E-state index contributed by atoms with van der Waals surface area (Å²) in [6, 6.07) is 0. The largest absolute Gasteiger partial charge is 0.486 e. The zero-order valence-corrected chi connectivity index (χ0v) is 12.7. The van der Waals surface area contributed by atoms with Crippen molar-refractivity contribution in [3.63, 3.8) is 0 Å². The predicted octanol–water partition coefficient (Wildman–Crippen LogP) is 3.60. The molecule has 0 N–H and O–H groups in total. The molecule has 0 spiro atoms. The lowest BCUT2D eigenvalue weighted by atomic mass is 9.62. The molecule has 1 aliphatic carbocycles. The fraction of sp³-hybridized carbons (Fsp3) is 0.786. The van der Waals surface area contributed by atoms with Crippen molar-refractivity contribution in [3.8, 4) is 5.75 Å². The van der Waals surface area contributed by atoms with Crippen LogP contribution in [0.1, 0.15) is 44.5 Å². The van der Waals surface area contributed by atoms with E-state index in [0.29, 0.717) is 0 Å². The summed E-state index contributed by atoms with van der Waals surface area (Å²) < 4.78 is 8.11. The molecule has 18 heavy (non-hydrogen) atoms. The van der Waals surface area contributed by atoms with Crippen LogP contribution < -0.4 is 4.74 Å². The van der Waals surface area contributed by atoms with Crippen molar-refractivity contribution in [2.24, 2.45) is 12.5 Å². The molecule has 1 aromatic heterocycles. The molecule has 2 rings (SSSR count). The van der Waals surface area contributed by atoms with Crippen molar-refractivity contribution in [3.05, 3.63) is 11.4 Å². The molecule has 1 heterocycles. The second-order valence-electron chi connectivity index (χ2n) is 5.37. The maximum Gasteiger partial charge on any atom is 0.163 e. The molecule has 0 bridgehead atoms. The van der Waals surface area contributed by atoms with Gasteiger partial charge in [0.05, 0.1) is 5.69 Å². The van der Waals surface area contributed by atoms with Gasteiger partial charge < -0.3 is 4.74 Å². The lowest BCUT2D eigenvalue weighted by Gasteiger charge is -2.52. The van der Waals surface area contributed by atoms with Gasteiger partial charge >= 0.3 is 0 Å². The molecule has 0 amide bonds. The van der Waals surface area contributed by atoms with Gasteiger partial charge in [-0.1, -0.05) is 13.8 Å². The number of hydrogen-bond donors (Lipinski definition) is 0. The average Bonchev–Trinajstić information content (AvgIpc) is 2.56. The van der Waals surface area contributed by atoms with Crippen molar-refractivity contribution in [1.82, 2.24) is 9.78 Å². The molecule has 1 aliphatic rings. The van der Waals surface area contributed by atoms with E-state index in [4.69, 9.17) is 16.3 Å². The SMILES string of the molecule is CCC1(CC)C(Cl)CC1Oc1c(C)nn(C)c1C. The second-order valence-corrected chi connectivity index (χ2v) is 5.90. The molecule has 2 atom stereocenters. The van der Waals surface area contributed by atoms with E-state index in [1.54, 1.807) is 0 Å². The first-order valence-corrected chi connectivity index (χ1v) is 7.20. The van der Waals surface area contributed by atoms with Crippen molar-refractivity contribution in [2.45, 2.75) is 58.4 Å². The van der Waals surface area contributed by atoms with Crippen LogP contribution >= 0.6 is 11.6 Å². The van der Waals surface area contributed by atoms with Crippen LogP contribution in [0.4, 0.5) is 0 Å². The molecule has 0 aliphatic heterocycles. The van der Waals surface area contributed by atoms with E-state index in [1.807, 2.05) is 25.6 Å². The summed E-state index contributed by atoms with van der Waals surface area (Å²) >= 11 is 6.42. The minimum absolute atomic E-state index is 0.135. The highest BCUT2D eigenvalue weighted by Crippen LogP contribution is 2.52. The van der Waals surface area contributed by atoms with E-state index in [9.17, 15) is 0 Å². The minimum Gasteiger partial charge on any atom is -0.486 e. The number of alkyl halides is 1. The van der Waals surface area contributed by atoms with E-state index in [2.05, 4.69) is 18.9 Å². The summed E-state index contributed by atoms with van der Waals surface area (Å²) in [4.78, 5) is 0. The Kier molecular flexibility index (Phi) is 3.63. The fourth-order valence-electron chi connectivity index (χ4n) is 3.08. The molecular formula is C14H23ClN2O. The van der Waals surface area contributed by atoms with Gasteiger partial charge in [0.15, 0.2) is 5.75 Å². The van der Waals surface area contributed by atoms with Gasteiger partial charge in [-0.25, -0.2) is 0 Å². The minimum atomic E-state index is 0.135. The first-order chi connectivity index (χ1) is 8.46. The monoisotopic (exact) mass is 270 g/mol. The molecule has 4 heteroatoms. The van der Waals surface area contributed by atoms with Crippen molar-refractivity contribution >= 4 is 11.6 Å². The van der Waals surface area contributed by atoms with Gasteiger partial charge in [0.1, 0.15) is 11.8 Å². The van der Waals surface area contributed by atoms with Crippen molar-refractivity contribution in [1.29, 1.82) is 0 Å². The molecule has 0 saturated heterocycles. The highest BCUT2D eigenvalue weighted by Gasteiger charge is 2.53. The Balaban J connectivity index is 2.20. The lowest BCUT2D eigenvalue weighted by Crippen LogP contribution is -2.56. The van der Waals surface area contributed by atoms with Crippen LogP contribution in [-0.2, 0) is 7.05 Å². The standard InChI is InChI=1S/C14H23ClN2O/c1-6-14(7-2)11(15)8-12(14)18-13-9(3)16-17(5)10(13)4/h11-12H,6-8H2,1-5H3. The second kappa shape index (κ2) is 4.76. The maximum absolute atomic E-state index is 6.42. The Morgan fingerprint density at radius 2 is 2.00 bits per heavy atom. The number of rotatable bonds is 4. The van der Waals surface area contributed by atoms with Crippen LogP contribution in [0.5, 0.6) is 5.75 Å². The quantitative estimate of drug-likeness (QED) is 0.782. The Morgan fingerprint density at radius 1 is 1.39 bits per heavy atom. The Labute approximate surface area is 114 Å².